The maximum absolute atomic E-state index is 13.1. The molecule has 1 rings (SSSR count). The van der Waals surface area contributed by atoms with E-state index in [9.17, 15) is 13.6 Å². The molecule has 3 N–H and O–H groups in total. The van der Waals surface area contributed by atoms with E-state index in [1.165, 1.54) is 0 Å². The van der Waals surface area contributed by atoms with Gasteiger partial charge in [0.2, 0.25) is 5.91 Å². The van der Waals surface area contributed by atoms with Crippen molar-refractivity contribution in [2.24, 2.45) is 11.7 Å². The normalized spacial score (nSPS) is 27.3. The average Bonchev–Trinajstić information content (AvgIpc) is 2.44. The summed E-state index contributed by atoms with van der Waals surface area (Å²) in [6, 6.07) is -0.996. The molecule has 0 radical (unpaired) electrons. The second kappa shape index (κ2) is 4.21. The van der Waals surface area contributed by atoms with Crippen LogP contribution in [0.5, 0.6) is 0 Å². The van der Waals surface area contributed by atoms with Crippen LogP contribution in [0.1, 0.15) is 26.2 Å². The zero-order chi connectivity index (χ0) is 10.8. The van der Waals surface area contributed by atoms with Crippen LogP contribution in [0, 0.1) is 5.92 Å². The van der Waals surface area contributed by atoms with Crippen molar-refractivity contribution in [1.82, 2.24) is 5.32 Å². The highest BCUT2D eigenvalue weighted by molar-refractivity contribution is 5.78. The summed E-state index contributed by atoms with van der Waals surface area (Å²) in [4.78, 5) is 11.3. The second-order valence-electron chi connectivity index (χ2n) is 3.85. The highest BCUT2D eigenvalue weighted by Gasteiger charge is 2.44. The van der Waals surface area contributed by atoms with Crippen molar-refractivity contribution in [3.63, 3.8) is 0 Å². The topological polar surface area (TPSA) is 55.1 Å². The Morgan fingerprint density at radius 1 is 1.71 bits per heavy atom. The third kappa shape index (κ3) is 2.41. The van der Waals surface area contributed by atoms with Crippen LogP contribution in [0.2, 0.25) is 0 Å². The highest BCUT2D eigenvalue weighted by Crippen LogP contribution is 2.35. The van der Waals surface area contributed by atoms with Crippen molar-refractivity contribution in [1.29, 1.82) is 0 Å². The molecule has 0 aliphatic heterocycles. The SMILES string of the molecule is CC(CN)C(=O)NC1CCCC1(F)F. The molecule has 1 fully saturated rings. The Kier molecular flexibility index (Phi) is 3.42. The average molecular weight is 206 g/mol. The number of rotatable bonds is 3. The first-order valence-corrected chi connectivity index (χ1v) is 4.85. The van der Waals surface area contributed by atoms with Crippen molar-refractivity contribution in [2.45, 2.75) is 38.2 Å². The van der Waals surface area contributed by atoms with Crippen LogP contribution in [0.15, 0.2) is 0 Å². The number of carbonyl (C=O) groups excluding carboxylic acids is 1. The summed E-state index contributed by atoms with van der Waals surface area (Å²) in [7, 11) is 0. The maximum Gasteiger partial charge on any atom is 0.267 e. The van der Waals surface area contributed by atoms with Crippen LogP contribution in [-0.2, 0) is 4.79 Å². The third-order valence-corrected chi connectivity index (χ3v) is 2.63. The molecule has 0 heterocycles. The Labute approximate surface area is 82.0 Å². The largest absolute Gasteiger partial charge is 0.347 e. The van der Waals surface area contributed by atoms with Gasteiger partial charge in [-0.3, -0.25) is 4.79 Å². The van der Waals surface area contributed by atoms with Gasteiger partial charge in [-0.2, -0.15) is 0 Å². The van der Waals surface area contributed by atoms with Crippen molar-refractivity contribution < 1.29 is 13.6 Å². The number of hydrogen-bond donors (Lipinski definition) is 2. The number of alkyl halides is 2. The molecule has 3 nitrogen and oxygen atoms in total. The predicted molar refractivity (Wildman–Crippen MR) is 48.9 cm³/mol. The monoisotopic (exact) mass is 206 g/mol. The van der Waals surface area contributed by atoms with E-state index in [2.05, 4.69) is 5.32 Å². The number of nitrogens with two attached hydrogens (primary N) is 1. The number of amides is 1. The van der Waals surface area contributed by atoms with Gasteiger partial charge in [0.15, 0.2) is 0 Å². The molecule has 14 heavy (non-hydrogen) atoms. The lowest BCUT2D eigenvalue weighted by Gasteiger charge is -2.21. The summed E-state index contributed by atoms with van der Waals surface area (Å²) < 4.78 is 26.2. The van der Waals surface area contributed by atoms with Crippen LogP contribution in [-0.4, -0.2) is 24.4 Å². The number of hydrogen-bond acceptors (Lipinski definition) is 2. The molecule has 0 saturated heterocycles. The van der Waals surface area contributed by atoms with Gasteiger partial charge in [-0.25, -0.2) is 8.78 Å². The minimum absolute atomic E-state index is 0.130. The molecule has 0 aromatic carbocycles. The zero-order valence-electron chi connectivity index (χ0n) is 8.22. The summed E-state index contributed by atoms with van der Waals surface area (Å²) in [5.74, 6) is -3.52. The summed E-state index contributed by atoms with van der Waals surface area (Å²) in [6.45, 7) is 1.81. The fraction of sp³-hybridized carbons (Fsp3) is 0.889. The maximum atomic E-state index is 13.1. The van der Waals surface area contributed by atoms with Gasteiger partial charge in [0.25, 0.3) is 5.92 Å². The van der Waals surface area contributed by atoms with Crippen molar-refractivity contribution >= 4 is 5.91 Å². The number of nitrogens with one attached hydrogen (secondary N) is 1. The minimum atomic E-state index is -2.75. The lowest BCUT2D eigenvalue weighted by molar-refractivity contribution is -0.127. The van der Waals surface area contributed by atoms with Crippen LogP contribution >= 0.6 is 0 Å². The molecule has 1 saturated carbocycles. The first-order chi connectivity index (χ1) is 6.47. The Balaban J connectivity index is 2.48. The van der Waals surface area contributed by atoms with Crippen LogP contribution < -0.4 is 11.1 Å². The van der Waals surface area contributed by atoms with E-state index in [1.54, 1.807) is 6.92 Å². The van der Waals surface area contributed by atoms with Crippen LogP contribution in [0.25, 0.3) is 0 Å². The summed E-state index contributed by atoms with van der Waals surface area (Å²) in [5, 5.41) is 2.35. The minimum Gasteiger partial charge on any atom is -0.347 e. The Morgan fingerprint density at radius 3 is 2.79 bits per heavy atom. The fourth-order valence-corrected chi connectivity index (χ4v) is 1.53. The molecule has 2 unspecified atom stereocenters. The van der Waals surface area contributed by atoms with Crippen molar-refractivity contribution in [2.75, 3.05) is 6.54 Å². The predicted octanol–water partition coefficient (Wildman–Crippen LogP) is 0.885. The molecular weight excluding hydrogens is 190 g/mol. The van der Waals surface area contributed by atoms with Gasteiger partial charge >= 0.3 is 0 Å². The van der Waals surface area contributed by atoms with Gasteiger partial charge in [0, 0.05) is 18.9 Å². The van der Waals surface area contributed by atoms with Gasteiger partial charge in [0.1, 0.15) is 0 Å². The van der Waals surface area contributed by atoms with E-state index in [0.717, 1.165) is 0 Å². The van der Waals surface area contributed by atoms with Gasteiger partial charge in [-0.15, -0.1) is 0 Å². The fourth-order valence-electron chi connectivity index (χ4n) is 1.53. The molecule has 1 aliphatic rings. The molecular formula is C9H16F2N2O. The standard InChI is InChI=1S/C9H16F2N2O/c1-6(5-12)8(14)13-7-3-2-4-9(7,10)11/h6-7H,2-5,12H2,1H3,(H,13,14). The molecule has 0 aromatic heterocycles. The first kappa shape index (κ1) is 11.4. The van der Waals surface area contributed by atoms with E-state index >= 15 is 0 Å². The Hall–Kier alpha value is -0.710. The molecule has 0 aromatic rings. The van der Waals surface area contributed by atoms with E-state index in [-0.39, 0.29) is 18.9 Å². The summed E-state index contributed by atoms with van der Waals surface area (Å²) in [6.07, 6.45) is 0.694. The zero-order valence-corrected chi connectivity index (χ0v) is 8.22. The van der Waals surface area contributed by atoms with Gasteiger partial charge in [-0.1, -0.05) is 6.92 Å². The molecule has 2 atom stereocenters. The molecule has 82 valence electrons. The molecule has 1 amide bonds. The van der Waals surface area contributed by atoms with Gasteiger partial charge in [-0.05, 0) is 12.8 Å². The van der Waals surface area contributed by atoms with Crippen LogP contribution in [0.3, 0.4) is 0 Å². The molecule has 1 aliphatic carbocycles. The van der Waals surface area contributed by atoms with E-state index in [4.69, 9.17) is 5.73 Å². The van der Waals surface area contributed by atoms with Crippen LogP contribution in [0.4, 0.5) is 8.78 Å². The van der Waals surface area contributed by atoms with E-state index in [0.29, 0.717) is 12.8 Å². The lowest BCUT2D eigenvalue weighted by Crippen LogP contribution is -2.46. The summed E-state index contributed by atoms with van der Waals surface area (Å²) >= 11 is 0. The second-order valence-corrected chi connectivity index (χ2v) is 3.85. The third-order valence-electron chi connectivity index (χ3n) is 2.63. The van der Waals surface area contributed by atoms with Crippen molar-refractivity contribution in [3.8, 4) is 0 Å². The van der Waals surface area contributed by atoms with Gasteiger partial charge < -0.3 is 11.1 Å². The van der Waals surface area contributed by atoms with E-state index < -0.39 is 17.9 Å². The molecule has 5 heteroatoms. The number of carbonyl (C=O) groups is 1. The first-order valence-electron chi connectivity index (χ1n) is 4.85. The Morgan fingerprint density at radius 2 is 2.36 bits per heavy atom. The smallest absolute Gasteiger partial charge is 0.267 e. The van der Waals surface area contributed by atoms with Crippen molar-refractivity contribution in [3.05, 3.63) is 0 Å². The summed E-state index contributed by atoms with van der Waals surface area (Å²) in [5.41, 5.74) is 5.27. The number of halogens is 2. The molecule has 0 bridgehead atoms. The quantitative estimate of drug-likeness (QED) is 0.720. The highest BCUT2D eigenvalue weighted by atomic mass is 19.3. The van der Waals surface area contributed by atoms with Gasteiger partial charge in [0.05, 0.1) is 6.04 Å². The molecule has 0 spiro atoms. The van der Waals surface area contributed by atoms with E-state index in [1.807, 2.05) is 0 Å². The Bertz CT molecular complexity index is 221. The lowest BCUT2D eigenvalue weighted by atomic mass is 10.1.